The van der Waals surface area contributed by atoms with Crippen molar-refractivity contribution >= 4 is 56.7 Å². The summed E-state index contributed by atoms with van der Waals surface area (Å²) in [6.45, 7) is 0. The minimum absolute atomic E-state index is 0. The van der Waals surface area contributed by atoms with Crippen molar-refractivity contribution in [3.05, 3.63) is 0 Å². The molecule has 0 aromatic carbocycles. The van der Waals surface area contributed by atoms with E-state index in [9.17, 15) is 0 Å². The van der Waals surface area contributed by atoms with Crippen molar-refractivity contribution in [1.29, 1.82) is 0 Å². The molecule has 0 unspecified atom stereocenters. The van der Waals surface area contributed by atoms with Crippen LogP contribution in [0.3, 0.4) is 0 Å². The SMILES string of the molecule is [Al+3].[Al+3].[O-2].[O-2].[O-2].[Si].[Si].[Ti].[Ti]. The van der Waals surface area contributed by atoms with Gasteiger partial charge in [-0.1, -0.05) is 0 Å². The van der Waals surface area contributed by atoms with Gasteiger partial charge in [-0.3, -0.25) is 0 Å². The third-order valence-electron chi connectivity index (χ3n) is 0. The summed E-state index contributed by atoms with van der Waals surface area (Å²) in [5, 5.41) is 0. The second kappa shape index (κ2) is 132. The second-order valence-electron chi connectivity index (χ2n) is 0. The predicted molar refractivity (Wildman–Crippen MR) is 25.1 cm³/mol. The van der Waals surface area contributed by atoms with Crippen LogP contribution in [0.25, 0.3) is 0 Å². The second-order valence-corrected chi connectivity index (χ2v) is 0. The molecular weight excluding hydrogens is 254 g/mol. The zero-order valence-electron chi connectivity index (χ0n) is 4.38. The van der Waals surface area contributed by atoms with E-state index in [4.69, 9.17) is 0 Å². The Balaban J connectivity index is 0. The summed E-state index contributed by atoms with van der Waals surface area (Å²) in [5.74, 6) is 0. The Bertz CT molecular complexity index is 17.8. The van der Waals surface area contributed by atoms with E-state index < -0.39 is 0 Å². The summed E-state index contributed by atoms with van der Waals surface area (Å²) < 4.78 is 0. The van der Waals surface area contributed by atoms with Crippen molar-refractivity contribution in [3.8, 4) is 0 Å². The van der Waals surface area contributed by atoms with Crippen LogP contribution in [0.5, 0.6) is 0 Å². The van der Waals surface area contributed by atoms with Crippen LogP contribution < -0.4 is 0 Å². The van der Waals surface area contributed by atoms with Crippen molar-refractivity contribution in [2.24, 2.45) is 0 Å². The van der Waals surface area contributed by atoms with Crippen LogP contribution in [0.2, 0.25) is 0 Å². The molecule has 9 heavy (non-hydrogen) atoms. The average molecular weight is 254 g/mol. The molecule has 0 aromatic heterocycles. The van der Waals surface area contributed by atoms with E-state index in [2.05, 4.69) is 0 Å². The molecule has 0 atom stereocenters. The smallest absolute Gasteiger partial charge is 2.00 e. The molecule has 0 fully saturated rings. The standard InChI is InChI=1S/2Al.3O.2Si.2Ti/q2*+3;3*-2;;;;. The fourth-order valence-corrected chi connectivity index (χ4v) is 0. The molecule has 0 rings (SSSR count). The summed E-state index contributed by atoms with van der Waals surface area (Å²) >= 11 is 0. The Hall–Kier alpha value is 2.81. The van der Waals surface area contributed by atoms with Crippen LogP contribution >= 0.6 is 0 Å². The molecule has 9 heteroatoms. The quantitative estimate of drug-likeness (QED) is 0.453. The van der Waals surface area contributed by atoms with Crippen LogP contribution in [0.1, 0.15) is 0 Å². The van der Waals surface area contributed by atoms with Crippen molar-refractivity contribution in [1.82, 2.24) is 0 Å². The van der Waals surface area contributed by atoms with Crippen LogP contribution in [-0.4, -0.2) is 56.7 Å². The largest absolute Gasteiger partial charge is 3.00 e. The molecule has 0 spiro atoms. The minimum atomic E-state index is 0. The Morgan fingerprint density at radius 1 is 0.444 bits per heavy atom. The molecule has 0 saturated carbocycles. The van der Waals surface area contributed by atoms with Crippen molar-refractivity contribution in [2.45, 2.75) is 0 Å². The van der Waals surface area contributed by atoms with E-state index in [0.717, 1.165) is 0 Å². The summed E-state index contributed by atoms with van der Waals surface area (Å²) in [5.41, 5.74) is 0. The first-order valence-corrected chi connectivity index (χ1v) is 0. The molecule has 0 bridgehead atoms. The van der Waals surface area contributed by atoms with Crippen molar-refractivity contribution in [3.63, 3.8) is 0 Å². The molecule has 3 nitrogen and oxygen atoms in total. The summed E-state index contributed by atoms with van der Waals surface area (Å²) in [6, 6.07) is 0. The van der Waals surface area contributed by atoms with Gasteiger partial charge in [-0.05, 0) is 0 Å². The van der Waals surface area contributed by atoms with E-state index in [1.54, 1.807) is 0 Å². The Morgan fingerprint density at radius 3 is 0.444 bits per heavy atom. The van der Waals surface area contributed by atoms with Crippen molar-refractivity contribution in [2.75, 3.05) is 0 Å². The van der Waals surface area contributed by atoms with Gasteiger partial charge in [-0.15, -0.1) is 0 Å². The van der Waals surface area contributed by atoms with E-state index >= 15 is 0 Å². The molecular formula is Al2O3Si2Ti2. The van der Waals surface area contributed by atoms with Gasteiger partial charge in [0.2, 0.25) is 0 Å². The maximum Gasteiger partial charge on any atom is 3.00 e. The Labute approximate surface area is 115 Å². The summed E-state index contributed by atoms with van der Waals surface area (Å²) in [6.07, 6.45) is 0. The maximum atomic E-state index is 0. The Morgan fingerprint density at radius 2 is 0.444 bits per heavy atom. The normalized spacial score (nSPS) is 0. The van der Waals surface area contributed by atoms with E-state index in [1.807, 2.05) is 0 Å². The molecule has 0 aliphatic heterocycles. The fourth-order valence-electron chi connectivity index (χ4n) is 0. The van der Waals surface area contributed by atoms with Gasteiger partial charge in [0.15, 0.2) is 0 Å². The molecule has 40 valence electrons. The predicted octanol–water partition coefficient (Wildman–Crippen LogP) is -1.88. The van der Waals surface area contributed by atoms with Gasteiger partial charge in [0.05, 0.1) is 0 Å². The van der Waals surface area contributed by atoms with Crippen LogP contribution in [0.4, 0.5) is 0 Å². The molecule has 0 aliphatic carbocycles. The van der Waals surface area contributed by atoms with Crippen LogP contribution in [0, 0.1) is 0 Å². The Kier molecular flexibility index (Phi) is 2560. The molecule has 0 aromatic rings. The third kappa shape index (κ3) is 106. The van der Waals surface area contributed by atoms with Gasteiger partial charge in [-0.2, -0.15) is 0 Å². The topological polar surface area (TPSA) is 85.5 Å². The van der Waals surface area contributed by atoms with Gasteiger partial charge in [0.25, 0.3) is 0 Å². The molecule has 0 amide bonds. The maximum absolute atomic E-state index is 0. The summed E-state index contributed by atoms with van der Waals surface area (Å²) in [4.78, 5) is 0. The van der Waals surface area contributed by atoms with Gasteiger partial charge in [0, 0.05) is 65.4 Å². The molecule has 0 N–H and O–H groups in total. The fraction of sp³-hybridized carbons (Fsp3) is 0. The van der Waals surface area contributed by atoms with Gasteiger partial charge >= 0.3 is 34.7 Å². The van der Waals surface area contributed by atoms with E-state index in [1.165, 1.54) is 0 Å². The number of hydrogen-bond donors (Lipinski definition) is 0. The number of hydrogen-bond acceptors (Lipinski definition) is 0. The molecule has 0 heterocycles. The molecule has 0 saturated heterocycles. The first kappa shape index (κ1) is 175. The monoisotopic (exact) mass is 254 g/mol. The van der Waals surface area contributed by atoms with Gasteiger partial charge in [0.1, 0.15) is 0 Å². The van der Waals surface area contributed by atoms with Gasteiger partial charge in [-0.25, -0.2) is 0 Å². The first-order valence-electron chi connectivity index (χ1n) is 0. The first-order chi connectivity index (χ1) is 0. The summed E-state index contributed by atoms with van der Waals surface area (Å²) in [7, 11) is 0. The van der Waals surface area contributed by atoms with Crippen LogP contribution in [-0.2, 0) is 59.9 Å². The van der Waals surface area contributed by atoms with E-state index in [-0.39, 0.29) is 117 Å². The van der Waals surface area contributed by atoms with E-state index in [0.29, 0.717) is 0 Å². The molecule has 8 radical (unpaired) electrons. The third-order valence-corrected chi connectivity index (χ3v) is 0. The van der Waals surface area contributed by atoms with Crippen molar-refractivity contribution < 1.29 is 59.9 Å². The van der Waals surface area contributed by atoms with Crippen LogP contribution in [0.15, 0.2) is 0 Å². The average Bonchev–Trinajstić information content (AvgIpc) is 0. The number of rotatable bonds is 0. The van der Waals surface area contributed by atoms with Gasteiger partial charge < -0.3 is 16.4 Å². The zero-order chi connectivity index (χ0) is 0. The minimum Gasteiger partial charge on any atom is -2.00 e. The molecule has 0 aliphatic rings. The zero-order valence-corrected chi connectivity index (χ0v) is 11.8.